The molecule has 9 nitrogen and oxygen atoms in total. The average Bonchev–Trinajstić information content (AvgIpc) is 3.41. The molecule has 134 valence electrons. The van der Waals surface area contributed by atoms with E-state index in [-0.39, 0.29) is 11.4 Å². The fourth-order valence-corrected chi connectivity index (χ4v) is 2.44. The monoisotopic (exact) mass is 364 g/mol. The normalized spacial score (nSPS) is 11.9. The van der Waals surface area contributed by atoms with Crippen LogP contribution in [-0.2, 0) is 0 Å². The predicted molar refractivity (Wildman–Crippen MR) is 94.0 cm³/mol. The summed E-state index contributed by atoms with van der Waals surface area (Å²) in [5.41, 5.74) is 0.337. The summed E-state index contributed by atoms with van der Waals surface area (Å²) in [6.07, 6.45) is 4.78. The Bertz CT molecular complexity index is 1170. The first kappa shape index (κ1) is 16.3. The number of hydrogen-bond donors (Lipinski definition) is 2. The number of fused-ring (bicyclic) bond motifs is 1. The summed E-state index contributed by atoms with van der Waals surface area (Å²) >= 11 is 0. The van der Waals surface area contributed by atoms with E-state index in [4.69, 9.17) is 8.94 Å². The highest BCUT2D eigenvalue weighted by molar-refractivity contribution is 5.93. The molecule has 1 amide bonds. The van der Waals surface area contributed by atoms with Gasteiger partial charge in [-0.15, -0.1) is 0 Å². The number of nitrogens with zero attached hydrogens (tertiary/aromatic N) is 4. The summed E-state index contributed by atoms with van der Waals surface area (Å²) in [5, 5.41) is 31.1. The molecule has 0 unspecified atom stereocenters. The molecular weight excluding hydrogens is 352 g/mol. The van der Waals surface area contributed by atoms with Crippen LogP contribution in [0.5, 0.6) is 11.6 Å². The number of amides is 1. The molecule has 0 saturated carbocycles. The highest BCUT2D eigenvalue weighted by Crippen LogP contribution is 2.36. The zero-order valence-corrected chi connectivity index (χ0v) is 13.7. The van der Waals surface area contributed by atoms with Crippen LogP contribution in [0.15, 0.2) is 68.0 Å². The van der Waals surface area contributed by atoms with Gasteiger partial charge in [0.25, 0.3) is 5.88 Å². The van der Waals surface area contributed by atoms with Crippen LogP contribution in [0.2, 0.25) is 0 Å². The summed E-state index contributed by atoms with van der Waals surface area (Å²) in [5.74, 6) is -0.683. The number of hydrogen-bond acceptors (Lipinski definition) is 7. The molecule has 9 heteroatoms. The number of carbonyl (C=O) groups is 1. The van der Waals surface area contributed by atoms with Gasteiger partial charge in [0.05, 0.1) is 11.8 Å². The van der Waals surface area contributed by atoms with Gasteiger partial charge in [-0.25, -0.2) is 0 Å². The Morgan fingerprint density at radius 3 is 2.74 bits per heavy atom. The molecule has 4 aromatic rings. The van der Waals surface area contributed by atoms with E-state index in [1.165, 1.54) is 12.3 Å². The molecule has 27 heavy (non-hydrogen) atoms. The lowest BCUT2D eigenvalue weighted by atomic mass is 10.2. The topological polar surface area (TPSA) is 126 Å². The van der Waals surface area contributed by atoms with E-state index in [0.29, 0.717) is 22.4 Å². The van der Waals surface area contributed by atoms with Gasteiger partial charge in [-0.1, -0.05) is 27.6 Å². The van der Waals surface area contributed by atoms with Crippen LogP contribution in [0.25, 0.3) is 23.1 Å². The molecular formula is C18H12N4O5. The van der Waals surface area contributed by atoms with Crippen LogP contribution in [0.3, 0.4) is 0 Å². The van der Waals surface area contributed by atoms with Crippen LogP contribution in [0, 0.1) is 0 Å². The minimum atomic E-state index is -0.770. The zero-order valence-electron chi connectivity index (χ0n) is 13.7. The highest BCUT2D eigenvalue weighted by Gasteiger charge is 2.16. The number of benzene rings is 1. The van der Waals surface area contributed by atoms with Crippen LogP contribution < -0.4 is 0 Å². The maximum atomic E-state index is 12.1. The standard InChI is InChI=1S/C18H12N4O5/c23-16-13-5-1-2-6-15(13)22(18(16)25)21-19-17(24)14-10-12(27-20-14)8-7-11-4-3-9-26-11/h1-10,23,25H/b8-7-,21-19?. The van der Waals surface area contributed by atoms with Gasteiger partial charge in [0.1, 0.15) is 5.76 Å². The van der Waals surface area contributed by atoms with Crippen molar-refractivity contribution in [2.45, 2.75) is 0 Å². The Kier molecular flexibility index (Phi) is 4.01. The molecule has 0 aliphatic heterocycles. The molecule has 0 aliphatic rings. The van der Waals surface area contributed by atoms with Crippen molar-refractivity contribution >= 4 is 29.0 Å². The van der Waals surface area contributed by atoms with Gasteiger partial charge < -0.3 is 19.2 Å². The van der Waals surface area contributed by atoms with Crippen LogP contribution in [0.1, 0.15) is 22.0 Å². The van der Waals surface area contributed by atoms with Crippen LogP contribution in [-0.4, -0.2) is 26.0 Å². The molecule has 0 fully saturated rings. The van der Waals surface area contributed by atoms with Crippen molar-refractivity contribution in [1.29, 1.82) is 0 Å². The third-order valence-electron chi connectivity index (χ3n) is 3.73. The molecule has 4 rings (SSSR count). The number of para-hydroxylation sites is 1. The molecule has 0 spiro atoms. The lowest BCUT2D eigenvalue weighted by Gasteiger charge is -1.95. The summed E-state index contributed by atoms with van der Waals surface area (Å²) in [6.45, 7) is 0. The quantitative estimate of drug-likeness (QED) is 0.529. The number of aromatic hydroxyl groups is 2. The van der Waals surface area contributed by atoms with Gasteiger partial charge in [-0.05, 0) is 36.4 Å². The first-order valence-corrected chi connectivity index (χ1v) is 7.79. The average molecular weight is 364 g/mol. The Morgan fingerprint density at radius 2 is 1.93 bits per heavy atom. The molecule has 1 aromatic carbocycles. The third-order valence-corrected chi connectivity index (χ3v) is 3.73. The van der Waals surface area contributed by atoms with Gasteiger partial charge in [0, 0.05) is 11.5 Å². The lowest BCUT2D eigenvalue weighted by molar-refractivity contribution is 0.0983. The summed E-state index contributed by atoms with van der Waals surface area (Å²) in [4.78, 5) is 12.1. The first-order chi connectivity index (χ1) is 13.1. The summed E-state index contributed by atoms with van der Waals surface area (Å²) < 4.78 is 11.1. The second-order valence-corrected chi connectivity index (χ2v) is 5.46. The number of aromatic nitrogens is 2. The van der Waals surface area contributed by atoms with E-state index < -0.39 is 11.8 Å². The molecule has 0 saturated heterocycles. The van der Waals surface area contributed by atoms with Crippen molar-refractivity contribution in [3.8, 4) is 11.6 Å². The van der Waals surface area contributed by atoms with E-state index in [0.717, 1.165) is 4.68 Å². The van der Waals surface area contributed by atoms with E-state index in [1.54, 1.807) is 48.6 Å². The maximum absolute atomic E-state index is 12.1. The Morgan fingerprint density at radius 1 is 1.11 bits per heavy atom. The minimum Gasteiger partial charge on any atom is -0.503 e. The molecule has 3 aromatic heterocycles. The SMILES string of the molecule is O=C(N=Nn1c(O)c(O)c2ccccc21)c1cc(/C=C\c2ccco2)on1. The smallest absolute Gasteiger partial charge is 0.318 e. The van der Waals surface area contributed by atoms with Gasteiger partial charge in [-0.2, -0.15) is 4.68 Å². The fourth-order valence-electron chi connectivity index (χ4n) is 2.44. The first-order valence-electron chi connectivity index (χ1n) is 7.79. The van der Waals surface area contributed by atoms with Crippen molar-refractivity contribution in [3.63, 3.8) is 0 Å². The van der Waals surface area contributed by atoms with E-state index >= 15 is 0 Å². The Hall–Kier alpha value is -4.14. The second-order valence-electron chi connectivity index (χ2n) is 5.46. The molecule has 0 aliphatic carbocycles. The Balaban J connectivity index is 1.56. The molecule has 0 atom stereocenters. The van der Waals surface area contributed by atoms with Crippen molar-refractivity contribution in [1.82, 2.24) is 9.83 Å². The number of carbonyl (C=O) groups excluding carboxylic acids is 1. The summed E-state index contributed by atoms with van der Waals surface area (Å²) in [7, 11) is 0. The van der Waals surface area contributed by atoms with Crippen molar-refractivity contribution in [2.75, 3.05) is 0 Å². The molecule has 0 radical (unpaired) electrons. The Labute approximate surface area is 151 Å². The zero-order chi connectivity index (χ0) is 18.8. The molecule has 3 heterocycles. The number of furan rings is 1. The highest BCUT2D eigenvalue weighted by atomic mass is 16.5. The van der Waals surface area contributed by atoms with Crippen LogP contribution >= 0.6 is 0 Å². The maximum Gasteiger partial charge on any atom is 0.318 e. The molecule has 0 bridgehead atoms. The van der Waals surface area contributed by atoms with Gasteiger partial charge >= 0.3 is 5.91 Å². The molecule has 2 N–H and O–H groups in total. The van der Waals surface area contributed by atoms with E-state index in [1.807, 2.05) is 0 Å². The van der Waals surface area contributed by atoms with E-state index in [2.05, 4.69) is 15.5 Å². The van der Waals surface area contributed by atoms with Gasteiger partial charge in [0.15, 0.2) is 17.2 Å². The van der Waals surface area contributed by atoms with Gasteiger partial charge in [0.2, 0.25) is 0 Å². The minimum absolute atomic E-state index is 0.0574. The summed E-state index contributed by atoms with van der Waals surface area (Å²) in [6, 6.07) is 11.5. The van der Waals surface area contributed by atoms with Crippen molar-refractivity contribution in [3.05, 3.63) is 65.9 Å². The van der Waals surface area contributed by atoms with Gasteiger partial charge in [-0.3, -0.25) is 4.79 Å². The second kappa shape index (κ2) is 6.64. The van der Waals surface area contributed by atoms with Crippen molar-refractivity contribution < 1.29 is 23.9 Å². The predicted octanol–water partition coefficient (Wildman–Crippen LogP) is 3.86. The fraction of sp³-hybridized carbons (Fsp3) is 0. The van der Waals surface area contributed by atoms with Crippen LogP contribution in [0.4, 0.5) is 0 Å². The largest absolute Gasteiger partial charge is 0.503 e. The third kappa shape index (κ3) is 3.09. The van der Waals surface area contributed by atoms with Crippen molar-refractivity contribution in [2.24, 2.45) is 10.3 Å². The number of rotatable bonds is 4. The lowest BCUT2D eigenvalue weighted by Crippen LogP contribution is -1.95. The van der Waals surface area contributed by atoms with E-state index in [9.17, 15) is 15.0 Å².